The van der Waals surface area contributed by atoms with E-state index in [-0.39, 0.29) is 11.3 Å². The third-order valence-corrected chi connectivity index (χ3v) is 6.23. The van der Waals surface area contributed by atoms with Gasteiger partial charge in [-0.1, -0.05) is 30.3 Å². The van der Waals surface area contributed by atoms with Crippen molar-refractivity contribution in [3.63, 3.8) is 0 Å². The van der Waals surface area contributed by atoms with Crippen LogP contribution in [0.3, 0.4) is 0 Å². The monoisotopic (exact) mass is 456 g/mol. The molecule has 8 heteroatoms. The molecule has 0 bridgehead atoms. The van der Waals surface area contributed by atoms with Crippen molar-refractivity contribution in [3.8, 4) is 5.75 Å². The average molecular weight is 457 g/mol. The summed E-state index contributed by atoms with van der Waals surface area (Å²) in [6.45, 7) is 4.07. The fraction of sp³-hybridized carbons (Fsp3) is 0.208. The SMILES string of the molecule is CCOc1ccc(S(=O)(=O)NC(Cc2ccccc2)C(=O)Nc2ccc(F)cc2)cc1C. The van der Waals surface area contributed by atoms with Crippen LogP contribution in [-0.4, -0.2) is 27.0 Å². The van der Waals surface area contributed by atoms with Gasteiger partial charge in [-0.15, -0.1) is 0 Å². The van der Waals surface area contributed by atoms with Crippen LogP contribution in [0.5, 0.6) is 5.75 Å². The lowest BCUT2D eigenvalue weighted by Gasteiger charge is -2.19. The number of benzene rings is 3. The topological polar surface area (TPSA) is 84.5 Å². The molecule has 0 saturated carbocycles. The summed E-state index contributed by atoms with van der Waals surface area (Å²) in [5, 5.41) is 2.65. The molecule has 0 aliphatic rings. The summed E-state index contributed by atoms with van der Waals surface area (Å²) in [6.07, 6.45) is 0.142. The molecule has 0 fully saturated rings. The van der Waals surface area contributed by atoms with E-state index < -0.39 is 27.8 Å². The number of nitrogens with one attached hydrogen (secondary N) is 2. The number of hydrogen-bond donors (Lipinski definition) is 2. The average Bonchev–Trinajstić information content (AvgIpc) is 2.77. The summed E-state index contributed by atoms with van der Waals surface area (Å²) < 4.78 is 47.3. The van der Waals surface area contributed by atoms with Crippen LogP contribution < -0.4 is 14.8 Å². The number of ether oxygens (including phenoxy) is 1. The standard InChI is InChI=1S/C24H25FN2O4S/c1-3-31-23-14-13-21(15-17(23)2)32(29,30)27-22(16-18-7-5-4-6-8-18)24(28)26-20-11-9-19(25)10-12-20/h4-15,22,27H,3,16H2,1-2H3,(H,26,28). The molecule has 2 N–H and O–H groups in total. The molecule has 3 rings (SSSR count). The Morgan fingerprint density at radius 3 is 2.34 bits per heavy atom. The zero-order valence-electron chi connectivity index (χ0n) is 17.8. The minimum atomic E-state index is -4.00. The number of aryl methyl sites for hydroxylation is 1. The van der Waals surface area contributed by atoms with E-state index in [2.05, 4.69) is 10.0 Å². The van der Waals surface area contributed by atoms with Crippen LogP contribution >= 0.6 is 0 Å². The highest BCUT2D eigenvalue weighted by Gasteiger charge is 2.26. The molecule has 1 atom stereocenters. The molecule has 0 radical (unpaired) electrons. The molecular formula is C24H25FN2O4S. The van der Waals surface area contributed by atoms with Crippen molar-refractivity contribution < 1.29 is 22.3 Å². The number of sulfonamides is 1. The molecule has 168 valence electrons. The van der Waals surface area contributed by atoms with Crippen molar-refractivity contribution >= 4 is 21.6 Å². The van der Waals surface area contributed by atoms with Gasteiger partial charge in [-0.3, -0.25) is 4.79 Å². The lowest BCUT2D eigenvalue weighted by atomic mass is 10.1. The van der Waals surface area contributed by atoms with Gasteiger partial charge in [-0.05, 0) is 73.9 Å². The van der Waals surface area contributed by atoms with E-state index in [0.717, 1.165) is 5.56 Å². The quantitative estimate of drug-likeness (QED) is 0.509. The largest absolute Gasteiger partial charge is 0.494 e. The number of hydrogen-bond acceptors (Lipinski definition) is 4. The summed E-state index contributed by atoms with van der Waals surface area (Å²) in [7, 11) is -4.00. The minimum absolute atomic E-state index is 0.0334. The lowest BCUT2D eigenvalue weighted by Crippen LogP contribution is -2.45. The number of anilines is 1. The molecule has 6 nitrogen and oxygen atoms in total. The maximum atomic E-state index is 13.2. The van der Waals surface area contributed by atoms with Gasteiger partial charge in [-0.25, -0.2) is 12.8 Å². The molecule has 0 heterocycles. The molecule has 0 spiro atoms. The van der Waals surface area contributed by atoms with Crippen molar-refractivity contribution in [3.05, 3.63) is 89.7 Å². The normalized spacial score (nSPS) is 12.2. The van der Waals surface area contributed by atoms with Crippen LogP contribution in [0.2, 0.25) is 0 Å². The molecule has 3 aromatic carbocycles. The van der Waals surface area contributed by atoms with Crippen molar-refractivity contribution in [1.82, 2.24) is 4.72 Å². The van der Waals surface area contributed by atoms with Crippen molar-refractivity contribution in [2.75, 3.05) is 11.9 Å². The van der Waals surface area contributed by atoms with Gasteiger partial charge in [0.25, 0.3) is 0 Å². The van der Waals surface area contributed by atoms with Crippen LogP contribution in [0.1, 0.15) is 18.1 Å². The Hall–Kier alpha value is -3.23. The van der Waals surface area contributed by atoms with E-state index in [1.54, 1.807) is 13.0 Å². The van der Waals surface area contributed by atoms with E-state index in [4.69, 9.17) is 4.74 Å². The van der Waals surface area contributed by atoms with Gasteiger partial charge in [0.15, 0.2) is 0 Å². The zero-order chi connectivity index (χ0) is 23.1. The number of carbonyl (C=O) groups excluding carboxylic acids is 1. The zero-order valence-corrected chi connectivity index (χ0v) is 18.7. The van der Waals surface area contributed by atoms with Crippen molar-refractivity contribution in [2.24, 2.45) is 0 Å². The second-order valence-electron chi connectivity index (χ2n) is 7.22. The first kappa shape index (κ1) is 23.4. The predicted octanol–water partition coefficient (Wildman–Crippen LogP) is 4.06. The molecule has 0 aromatic heterocycles. The summed E-state index contributed by atoms with van der Waals surface area (Å²) in [4.78, 5) is 13.0. The lowest BCUT2D eigenvalue weighted by molar-refractivity contribution is -0.117. The van der Waals surface area contributed by atoms with Crippen LogP contribution in [0.4, 0.5) is 10.1 Å². The number of carbonyl (C=O) groups is 1. The molecule has 0 aliphatic carbocycles. The summed E-state index contributed by atoms with van der Waals surface area (Å²) in [5.74, 6) is -0.386. The molecule has 0 saturated heterocycles. The van der Waals surface area contributed by atoms with Crippen LogP contribution in [0.25, 0.3) is 0 Å². The Balaban J connectivity index is 1.86. The van der Waals surface area contributed by atoms with Crippen molar-refractivity contribution in [1.29, 1.82) is 0 Å². The Bertz CT molecular complexity index is 1170. The summed E-state index contributed by atoms with van der Waals surface area (Å²) in [6, 6.07) is 17.8. The van der Waals surface area contributed by atoms with E-state index in [1.807, 2.05) is 37.3 Å². The van der Waals surface area contributed by atoms with Crippen LogP contribution in [0, 0.1) is 12.7 Å². The van der Waals surface area contributed by atoms with E-state index in [1.165, 1.54) is 36.4 Å². The number of amides is 1. The second kappa shape index (κ2) is 10.4. The molecule has 1 unspecified atom stereocenters. The van der Waals surface area contributed by atoms with E-state index in [9.17, 15) is 17.6 Å². The highest BCUT2D eigenvalue weighted by molar-refractivity contribution is 7.89. The van der Waals surface area contributed by atoms with E-state index in [0.29, 0.717) is 23.6 Å². The van der Waals surface area contributed by atoms with E-state index >= 15 is 0 Å². The second-order valence-corrected chi connectivity index (χ2v) is 8.93. The fourth-order valence-corrected chi connectivity index (χ4v) is 4.44. The van der Waals surface area contributed by atoms with Gasteiger partial charge in [0.05, 0.1) is 11.5 Å². The smallest absolute Gasteiger partial charge is 0.242 e. The molecule has 3 aromatic rings. The highest BCUT2D eigenvalue weighted by Crippen LogP contribution is 2.22. The van der Waals surface area contributed by atoms with Crippen molar-refractivity contribution in [2.45, 2.75) is 31.2 Å². The van der Waals surface area contributed by atoms with Gasteiger partial charge in [0, 0.05) is 5.69 Å². The Morgan fingerprint density at radius 1 is 1.03 bits per heavy atom. The molecule has 0 aliphatic heterocycles. The Kier molecular flexibility index (Phi) is 7.61. The number of rotatable bonds is 9. The first-order valence-corrected chi connectivity index (χ1v) is 11.6. The molecule has 32 heavy (non-hydrogen) atoms. The van der Waals surface area contributed by atoms with Gasteiger partial charge >= 0.3 is 0 Å². The first-order valence-electron chi connectivity index (χ1n) is 10.1. The van der Waals surface area contributed by atoms with Gasteiger partial charge in [0.1, 0.15) is 17.6 Å². The highest BCUT2D eigenvalue weighted by atomic mass is 32.2. The van der Waals surface area contributed by atoms with Gasteiger partial charge in [0.2, 0.25) is 15.9 Å². The Morgan fingerprint density at radius 2 is 1.72 bits per heavy atom. The first-order chi connectivity index (χ1) is 15.3. The minimum Gasteiger partial charge on any atom is -0.494 e. The van der Waals surface area contributed by atoms with Crippen LogP contribution in [-0.2, 0) is 21.2 Å². The molecule has 1 amide bonds. The Labute approximate surface area is 187 Å². The van der Waals surface area contributed by atoms with Crippen LogP contribution in [0.15, 0.2) is 77.7 Å². The third kappa shape index (κ3) is 6.15. The predicted molar refractivity (Wildman–Crippen MR) is 122 cm³/mol. The summed E-state index contributed by atoms with van der Waals surface area (Å²) >= 11 is 0. The fourth-order valence-electron chi connectivity index (χ4n) is 3.16. The third-order valence-electron chi connectivity index (χ3n) is 4.76. The van der Waals surface area contributed by atoms with Gasteiger partial charge in [-0.2, -0.15) is 4.72 Å². The molecular weight excluding hydrogens is 431 g/mol. The maximum absolute atomic E-state index is 13.2. The van der Waals surface area contributed by atoms with Gasteiger partial charge < -0.3 is 10.1 Å². The number of halogens is 1. The maximum Gasteiger partial charge on any atom is 0.242 e. The summed E-state index contributed by atoms with van der Waals surface area (Å²) in [5.41, 5.74) is 1.83.